The van der Waals surface area contributed by atoms with Crippen LogP contribution in [0.1, 0.15) is 18.7 Å². The van der Waals surface area contributed by atoms with Crippen LogP contribution in [0.4, 0.5) is 0 Å². The third-order valence-electron chi connectivity index (χ3n) is 4.51. The molecular weight excluding hydrogens is 320 g/mol. The maximum Gasteiger partial charge on any atom is 0.257 e. The van der Waals surface area contributed by atoms with Crippen molar-refractivity contribution in [2.75, 3.05) is 13.7 Å². The fraction of sp³-hybridized carbons (Fsp3) is 0.412. The van der Waals surface area contributed by atoms with Crippen LogP contribution in [0.15, 0.2) is 41.4 Å². The molecule has 0 aliphatic carbocycles. The van der Waals surface area contributed by atoms with Crippen molar-refractivity contribution in [2.24, 2.45) is 0 Å². The zero-order valence-electron chi connectivity index (χ0n) is 14.1. The van der Waals surface area contributed by atoms with Crippen LogP contribution < -0.4 is 4.74 Å². The molecule has 1 atom stereocenters. The van der Waals surface area contributed by atoms with Crippen molar-refractivity contribution < 1.29 is 9.26 Å². The molecule has 0 radical (unpaired) electrons. The van der Waals surface area contributed by atoms with Gasteiger partial charge in [0.1, 0.15) is 18.4 Å². The molecule has 0 bridgehead atoms. The van der Waals surface area contributed by atoms with Crippen molar-refractivity contribution >= 4 is 0 Å². The Hall–Kier alpha value is -2.74. The van der Waals surface area contributed by atoms with Gasteiger partial charge in [-0.1, -0.05) is 5.16 Å². The lowest BCUT2D eigenvalue weighted by molar-refractivity contribution is 0.211. The Morgan fingerprint density at radius 3 is 2.92 bits per heavy atom. The fourth-order valence-electron chi connectivity index (χ4n) is 3.20. The van der Waals surface area contributed by atoms with Gasteiger partial charge in [-0.2, -0.15) is 10.1 Å². The Balaban J connectivity index is 1.43. The Labute approximate surface area is 145 Å². The number of methoxy groups -OCH3 is 1. The van der Waals surface area contributed by atoms with Gasteiger partial charge in [-0.05, 0) is 43.7 Å². The molecule has 0 spiro atoms. The number of benzene rings is 1. The highest BCUT2D eigenvalue weighted by molar-refractivity contribution is 5.54. The van der Waals surface area contributed by atoms with E-state index in [1.54, 1.807) is 19.8 Å². The molecule has 2 aromatic heterocycles. The minimum atomic E-state index is 0.421. The molecule has 3 aromatic rings. The molecule has 0 saturated carbocycles. The van der Waals surface area contributed by atoms with Crippen LogP contribution >= 0.6 is 0 Å². The van der Waals surface area contributed by atoms with E-state index >= 15 is 0 Å². The van der Waals surface area contributed by atoms with Gasteiger partial charge in [-0.15, -0.1) is 0 Å². The van der Waals surface area contributed by atoms with Gasteiger partial charge >= 0.3 is 0 Å². The molecule has 1 fully saturated rings. The highest BCUT2D eigenvalue weighted by Crippen LogP contribution is 2.23. The van der Waals surface area contributed by atoms with Crippen LogP contribution in [-0.2, 0) is 13.1 Å². The van der Waals surface area contributed by atoms with Crippen molar-refractivity contribution in [3.8, 4) is 17.2 Å². The molecule has 8 nitrogen and oxygen atoms in total. The first-order valence-electron chi connectivity index (χ1n) is 8.35. The number of rotatable bonds is 6. The van der Waals surface area contributed by atoms with Gasteiger partial charge < -0.3 is 9.26 Å². The van der Waals surface area contributed by atoms with E-state index < -0.39 is 0 Å². The molecule has 130 valence electrons. The van der Waals surface area contributed by atoms with Crippen molar-refractivity contribution in [2.45, 2.75) is 32.0 Å². The summed E-state index contributed by atoms with van der Waals surface area (Å²) in [6.45, 7) is 2.55. The SMILES string of the molecule is COc1ccc(-c2nc(CN3CCC[C@H]3Cn3cncn3)no2)cc1. The van der Waals surface area contributed by atoms with Crippen molar-refractivity contribution in [1.29, 1.82) is 0 Å². The summed E-state index contributed by atoms with van der Waals surface area (Å²) in [4.78, 5) is 10.9. The lowest BCUT2D eigenvalue weighted by atomic mass is 10.2. The van der Waals surface area contributed by atoms with E-state index in [-0.39, 0.29) is 0 Å². The van der Waals surface area contributed by atoms with E-state index in [1.165, 1.54) is 6.42 Å². The molecule has 0 amide bonds. The van der Waals surface area contributed by atoms with Crippen LogP contribution in [-0.4, -0.2) is 49.5 Å². The molecule has 8 heteroatoms. The largest absolute Gasteiger partial charge is 0.497 e. The average Bonchev–Trinajstić information content (AvgIpc) is 3.39. The van der Waals surface area contributed by atoms with Gasteiger partial charge in [-0.25, -0.2) is 4.98 Å². The second-order valence-electron chi connectivity index (χ2n) is 6.13. The van der Waals surface area contributed by atoms with Gasteiger partial charge in [0, 0.05) is 11.6 Å². The van der Waals surface area contributed by atoms with Gasteiger partial charge in [0.15, 0.2) is 5.82 Å². The lowest BCUT2D eigenvalue weighted by Crippen LogP contribution is -2.33. The second kappa shape index (κ2) is 7.02. The summed E-state index contributed by atoms with van der Waals surface area (Å²) in [5.74, 6) is 2.04. The zero-order valence-corrected chi connectivity index (χ0v) is 14.1. The minimum Gasteiger partial charge on any atom is -0.497 e. The standard InChI is InChI=1S/C17H20N6O2/c1-24-15-6-4-13(5-7-15)17-20-16(21-25-17)10-22-8-2-3-14(22)9-23-12-18-11-19-23/h4-7,11-12,14H,2-3,8-10H2,1H3/t14-/m0/s1. The second-order valence-corrected chi connectivity index (χ2v) is 6.13. The summed E-state index contributed by atoms with van der Waals surface area (Å²) in [6, 6.07) is 8.02. The van der Waals surface area contributed by atoms with E-state index in [1.807, 2.05) is 28.9 Å². The summed E-state index contributed by atoms with van der Waals surface area (Å²) in [6.07, 6.45) is 5.64. The van der Waals surface area contributed by atoms with E-state index in [2.05, 4.69) is 25.1 Å². The monoisotopic (exact) mass is 340 g/mol. The Bertz CT molecular complexity index is 799. The quantitative estimate of drug-likeness (QED) is 0.679. The number of likely N-dealkylation sites (tertiary alicyclic amines) is 1. The van der Waals surface area contributed by atoms with Crippen LogP contribution in [0.25, 0.3) is 11.5 Å². The molecular formula is C17H20N6O2. The molecule has 4 rings (SSSR count). The number of hydrogen-bond donors (Lipinski definition) is 0. The van der Waals surface area contributed by atoms with Gasteiger partial charge in [-0.3, -0.25) is 9.58 Å². The fourth-order valence-corrected chi connectivity index (χ4v) is 3.20. The first kappa shape index (κ1) is 15.8. The predicted molar refractivity (Wildman–Crippen MR) is 89.7 cm³/mol. The van der Waals surface area contributed by atoms with Crippen LogP contribution in [0.3, 0.4) is 0 Å². The average molecular weight is 340 g/mol. The summed E-state index contributed by atoms with van der Waals surface area (Å²) in [5.41, 5.74) is 0.889. The molecule has 1 aliphatic heterocycles. The summed E-state index contributed by atoms with van der Waals surface area (Å²) in [7, 11) is 1.64. The zero-order chi connectivity index (χ0) is 17.1. The molecule has 25 heavy (non-hydrogen) atoms. The van der Waals surface area contributed by atoms with Gasteiger partial charge in [0.05, 0.1) is 20.2 Å². The van der Waals surface area contributed by atoms with Crippen molar-refractivity contribution in [3.05, 3.63) is 42.7 Å². The third kappa shape index (κ3) is 3.53. The smallest absolute Gasteiger partial charge is 0.257 e. The first-order valence-corrected chi connectivity index (χ1v) is 8.35. The van der Waals surface area contributed by atoms with Gasteiger partial charge in [0.2, 0.25) is 0 Å². The highest BCUT2D eigenvalue weighted by atomic mass is 16.5. The Morgan fingerprint density at radius 1 is 1.28 bits per heavy atom. The minimum absolute atomic E-state index is 0.421. The van der Waals surface area contributed by atoms with Gasteiger partial charge in [0.25, 0.3) is 5.89 Å². The number of hydrogen-bond acceptors (Lipinski definition) is 7. The number of nitrogens with zero attached hydrogens (tertiary/aromatic N) is 6. The van der Waals surface area contributed by atoms with Crippen molar-refractivity contribution in [3.63, 3.8) is 0 Å². The lowest BCUT2D eigenvalue weighted by Gasteiger charge is -2.22. The molecule has 3 heterocycles. The Morgan fingerprint density at radius 2 is 2.16 bits per heavy atom. The molecule has 1 aromatic carbocycles. The molecule has 1 saturated heterocycles. The summed E-state index contributed by atoms with van der Waals surface area (Å²) < 4.78 is 12.5. The van der Waals surface area contributed by atoms with Crippen molar-refractivity contribution in [1.82, 2.24) is 29.8 Å². The topological polar surface area (TPSA) is 82.1 Å². The number of ether oxygens (including phenoxy) is 1. The van der Waals surface area contributed by atoms with E-state index in [9.17, 15) is 0 Å². The van der Waals surface area contributed by atoms with Crippen LogP contribution in [0.5, 0.6) is 5.75 Å². The maximum atomic E-state index is 5.42. The predicted octanol–water partition coefficient (Wildman–Crippen LogP) is 2.00. The highest BCUT2D eigenvalue weighted by Gasteiger charge is 2.26. The molecule has 0 unspecified atom stereocenters. The maximum absolute atomic E-state index is 5.42. The van der Waals surface area contributed by atoms with E-state index in [4.69, 9.17) is 9.26 Å². The molecule has 1 aliphatic rings. The summed E-state index contributed by atoms with van der Waals surface area (Å²) >= 11 is 0. The normalized spacial score (nSPS) is 17.9. The Kier molecular flexibility index (Phi) is 4.43. The van der Waals surface area contributed by atoms with Crippen LogP contribution in [0.2, 0.25) is 0 Å². The van der Waals surface area contributed by atoms with E-state index in [0.29, 0.717) is 24.3 Å². The third-order valence-corrected chi connectivity index (χ3v) is 4.51. The first-order chi connectivity index (χ1) is 12.3. The number of aromatic nitrogens is 5. The van der Waals surface area contributed by atoms with E-state index in [0.717, 1.165) is 30.8 Å². The molecule has 0 N–H and O–H groups in total. The summed E-state index contributed by atoms with van der Waals surface area (Å²) in [5, 5.41) is 8.33. The van der Waals surface area contributed by atoms with Crippen LogP contribution in [0, 0.1) is 0 Å².